The normalized spacial score (nSPS) is 23.2. The first-order valence-corrected chi connectivity index (χ1v) is 1.34. The van der Waals surface area contributed by atoms with E-state index in [2.05, 4.69) is 0 Å². The minimum Gasteiger partial charge on any atom is -0.480 e. The zero-order valence-corrected chi connectivity index (χ0v) is 3.01. The van der Waals surface area contributed by atoms with Gasteiger partial charge in [0.1, 0.15) is 6.04 Å². The van der Waals surface area contributed by atoms with E-state index in [0.717, 1.165) is 0 Å². The Kier molecular flexibility index (Phi) is 0.569. The van der Waals surface area contributed by atoms with Crippen LogP contribution in [0.4, 0.5) is 0 Å². The summed E-state index contributed by atoms with van der Waals surface area (Å²) < 4.78 is 19.5. The van der Waals surface area contributed by atoms with Gasteiger partial charge in [-0.05, 0) is 6.85 Å². The number of carbonyl (C=O) groups is 1. The van der Waals surface area contributed by atoms with Crippen LogP contribution in [0.5, 0.6) is 0 Å². The molecule has 0 amide bonds. The second-order valence-electron chi connectivity index (χ2n) is 0.816. The van der Waals surface area contributed by atoms with Crippen LogP contribution < -0.4 is 5.73 Å². The first kappa shape index (κ1) is 1.93. The predicted octanol–water partition coefficient (Wildman–Crippen LogP) is -0.582. The maximum absolute atomic E-state index is 9.86. The van der Waals surface area contributed by atoms with Crippen LogP contribution in [-0.2, 0) is 4.79 Å². The molecule has 0 aromatic carbocycles. The molecule has 0 rings (SSSR count). The van der Waals surface area contributed by atoms with E-state index in [1.807, 2.05) is 0 Å². The van der Waals surface area contributed by atoms with Gasteiger partial charge in [0.05, 0.1) is 0 Å². The van der Waals surface area contributed by atoms with Crippen molar-refractivity contribution in [3.63, 3.8) is 0 Å². The third-order valence-corrected chi connectivity index (χ3v) is 0.266. The molecule has 0 aliphatic rings. The molecule has 0 aromatic rings. The van der Waals surface area contributed by atoms with Gasteiger partial charge >= 0.3 is 5.97 Å². The van der Waals surface area contributed by atoms with Gasteiger partial charge in [0, 0.05) is 4.11 Å². The van der Waals surface area contributed by atoms with E-state index >= 15 is 0 Å². The smallest absolute Gasteiger partial charge is 0.320 e. The molecule has 3 heteroatoms. The van der Waals surface area contributed by atoms with Gasteiger partial charge in [-0.25, -0.2) is 0 Å². The molecule has 0 saturated carbocycles. The van der Waals surface area contributed by atoms with Crippen molar-refractivity contribution in [2.24, 2.45) is 5.73 Å². The number of aliphatic carboxylic acids is 1. The topological polar surface area (TPSA) is 63.3 Å². The number of hydrogen-bond donors (Lipinski definition) is 2. The van der Waals surface area contributed by atoms with E-state index in [9.17, 15) is 4.79 Å². The molecule has 0 radical (unpaired) electrons. The lowest BCUT2D eigenvalue weighted by molar-refractivity contribution is -0.138. The zero-order valence-electron chi connectivity index (χ0n) is 6.01. The maximum Gasteiger partial charge on any atom is 0.320 e. The van der Waals surface area contributed by atoms with E-state index in [0.29, 0.717) is 0 Å². The summed E-state index contributed by atoms with van der Waals surface area (Å²) in [6.45, 7) is -2.59. The van der Waals surface area contributed by atoms with E-state index in [-0.39, 0.29) is 0 Å². The van der Waals surface area contributed by atoms with Crippen molar-refractivity contribution in [2.75, 3.05) is 0 Å². The quantitative estimate of drug-likeness (QED) is 0.454. The van der Waals surface area contributed by atoms with Gasteiger partial charge in [0.25, 0.3) is 0 Å². The molecular weight excluding hydrogens is 82.0 g/mol. The summed E-state index contributed by atoms with van der Waals surface area (Å²) in [4.78, 5) is 9.86. The largest absolute Gasteiger partial charge is 0.480 e. The van der Waals surface area contributed by atoms with Gasteiger partial charge in [-0.3, -0.25) is 4.79 Å². The highest BCUT2D eigenvalue weighted by Gasteiger charge is 1.99. The molecule has 0 aromatic heterocycles. The summed E-state index contributed by atoms with van der Waals surface area (Å²) in [5, 5.41) is 8.03. The number of hydrogen-bond acceptors (Lipinski definition) is 2. The van der Waals surface area contributed by atoms with Gasteiger partial charge in [-0.15, -0.1) is 0 Å². The Labute approximate surface area is 40.0 Å². The molecule has 3 nitrogen and oxygen atoms in total. The zero-order chi connectivity index (χ0) is 7.65. The highest BCUT2D eigenvalue weighted by molar-refractivity contribution is 5.72. The Morgan fingerprint density at radius 1 is 2.33 bits per heavy atom. The fourth-order valence-electron chi connectivity index (χ4n) is 0. The van der Waals surface area contributed by atoms with Crippen molar-refractivity contribution < 1.29 is 14.0 Å². The molecule has 36 valence electrons. The summed E-state index contributed by atoms with van der Waals surface area (Å²) in [5.74, 6) is -1.50. The molecule has 0 bridgehead atoms. The number of carboxylic acids is 1. The van der Waals surface area contributed by atoms with Gasteiger partial charge in [-0.1, -0.05) is 0 Å². The monoisotopic (exact) mass is 92.1 g/mol. The van der Waals surface area contributed by atoms with Gasteiger partial charge in [0.15, 0.2) is 0 Å². The fourth-order valence-corrected chi connectivity index (χ4v) is 0. The van der Waals surface area contributed by atoms with Crippen LogP contribution in [0.1, 0.15) is 11.0 Å². The number of nitrogens with two attached hydrogens (primary N) is 1. The molecule has 0 aliphatic heterocycles. The average Bonchev–Trinajstić information content (AvgIpc) is 1.62. The third-order valence-electron chi connectivity index (χ3n) is 0.266. The van der Waals surface area contributed by atoms with Crippen LogP contribution in [0, 0.1) is 0 Å². The Bertz CT molecular complexity index is 121. The minimum atomic E-state index is -2.59. The van der Waals surface area contributed by atoms with E-state index < -0.39 is 18.9 Å². The number of carboxylic acid groups (broad SMARTS) is 1. The molecule has 6 heavy (non-hydrogen) atoms. The lowest BCUT2D eigenvalue weighted by Crippen LogP contribution is -2.25. The van der Waals surface area contributed by atoms with Crippen molar-refractivity contribution in [1.82, 2.24) is 0 Å². The first-order chi connectivity index (χ1) is 3.85. The molecule has 3 N–H and O–H groups in total. The van der Waals surface area contributed by atoms with E-state index in [4.69, 9.17) is 15.0 Å². The molecule has 0 fully saturated rings. The molecule has 1 atom stereocenters. The minimum absolute atomic E-state index is 1.50. The summed E-state index contributed by atoms with van der Waals surface area (Å²) in [7, 11) is 0. The SMILES string of the molecule is [2H]C([2H])([2H])C(N)C(=O)O. The van der Waals surface area contributed by atoms with Gasteiger partial charge < -0.3 is 10.8 Å². The Morgan fingerprint density at radius 2 is 2.83 bits per heavy atom. The van der Waals surface area contributed by atoms with E-state index in [1.165, 1.54) is 0 Å². The molecular formula is C3H7NO2. The molecule has 1 unspecified atom stereocenters. The highest BCUT2D eigenvalue weighted by atomic mass is 16.4. The summed E-state index contributed by atoms with van der Waals surface area (Å²) >= 11 is 0. The van der Waals surface area contributed by atoms with Crippen LogP contribution >= 0.6 is 0 Å². The van der Waals surface area contributed by atoms with Gasteiger partial charge in [0.2, 0.25) is 0 Å². The Balaban J connectivity index is 4.04. The van der Waals surface area contributed by atoms with Crippen molar-refractivity contribution in [1.29, 1.82) is 0 Å². The summed E-state index contributed by atoms with van der Waals surface area (Å²) in [6.07, 6.45) is 0. The standard InChI is InChI=1S/C3H7NO2/c1-2(4)3(5)6/h2H,4H2,1H3,(H,5,6)/i1D3. The van der Waals surface area contributed by atoms with Crippen LogP contribution in [-0.4, -0.2) is 17.1 Å². The average molecular weight is 92.1 g/mol. The highest BCUT2D eigenvalue weighted by Crippen LogP contribution is 1.68. The van der Waals surface area contributed by atoms with E-state index in [1.54, 1.807) is 0 Å². The van der Waals surface area contributed by atoms with Crippen molar-refractivity contribution in [2.45, 2.75) is 12.9 Å². The first-order valence-electron chi connectivity index (χ1n) is 2.84. The Morgan fingerprint density at radius 3 is 2.83 bits per heavy atom. The molecule has 0 spiro atoms. The van der Waals surface area contributed by atoms with Gasteiger partial charge in [-0.2, -0.15) is 0 Å². The predicted molar refractivity (Wildman–Crippen MR) is 21.3 cm³/mol. The molecule has 0 heterocycles. The second-order valence-corrected chi connectivity index (χ2v) is 0.816. The Hall–Kier alpha value is -0.570. The maximum atomic E-state index is 9.86. The van der Waals surface area contributed by atoms with Crippen molar-refractivity contribution >= 4 is 5.97 Å². The molecule has 0 aliphatic carbocycles. The summed E-state index contributed by atoms with van der Waals surface area (Å²) in [5.41, 5.74) is 4.73. The number of rotatable bonds is 1. The summed E-state index contributed by atoms with van der Waals surface area (Å²) in [6, 6.07) is -1.77. The second kappa shape index (κ2) is 1.77. The van der Waals surface area contributed by atoms with Crippen LogP contribution in [0.15, 0.2) is 0 Å². The van der Waals surface area contributed by atoms with Crippen molar-refractivity contribution in [3.05, 3.63) is 0 Å². The molecule has 0 saturated heterocycles. The lowest BCUT2D eigenvalue weighted by atomic mass is 10.4. The van der Waals surface area contributed by atoms with Crippen LogP contribution in [0.25, 0.3) is 0 Å². The lowest BCUT2D eigenvalue weighted by Gasteiger charge is -1.90. The third kappa shape index (κ3) is 1.72. The van der Waals surface area contributed by atoms with Crippen molar-refractivity contribution in [3.8, 4) is 0 Å². The van der Waals surface area contributed by atoms with Crippen LogP contribution in [0.2, 0.25) is 0 Å². The fraction of sp³-hybridized carbons (Fsp3) is 0.667. The van der Waals surface area contributed by atoms with Crippen LogP contribution in [0.3, 0.4) is 0 Å².